The van der Waals surface area contributed by atoms with Crippen molar-refractivity contribution in [3.8, 4) is 0 Å². The van der Waals surface area contributed by atoms with Crippen LogP contribution in [0.5, 0.6) is 0 Å². The van der Waals surface area contributed by atoms with E-state index in [1.54, 1.807) is 0 Å². The van der Waals surface area contributed by atoms with Crippen LogP contribution in [-0.2, 0) is 11.3 Å². The molecular weight excluding hydrogens is 190 g/mol. The molecule has 0 spiro atoms. The van der Waals surface area contributed by atoms with Crippen LogP contribution in [0.4, 0.5) is 0 Å². The van der Waals surface area contributed by atoms with Crippen molar-refractivity contribution in [1.29, 1.82) is 0 Å². The average molecular weight is 206 g/mol. The molecule has 0 aromatic carbocycles. The molecule has 1 aromatic heterocycles. The first-order chi connectivity index (χ1) is 7.38. The minimum Gasteiger partial charge on any atom is -0.337 e. The Labute approximate surface area is 89.7 Å². The summed E-state index contributed by atoms with van der Waals surface area (Å²) in [5, 5.41) is 3.19. The summed E-state index contributed by atoms with van der Waals surface area (Å²) < 4.78 is 2.12. The lowest BCUT2D eigenvalue weighted by molar-refractivity contribution is 0.438. The number of nitrogens with zero attached hydrogens (tertiary/aromatic N) is 2. The van der Waals surface area contributed by atoms with Gasteiger partial charge in [0.2, 0.25) is 6.29 Å². The summed E-state index contributed by atoms with van der Waals surface area (Å²) in [5.41, 5.74) is 0. The van der Waals surface area contributed by atoms with Crippen molar-refractivity contribution in [1.82, 2.24) is 14.9 Å². The van der Waals surface area contributed by atoms with Gasteiger partial charge >= 0.3 is 0 Å². The first-order valence-corrected chi connectivity index (χ1v) is 5.42. The third kappa shape index (κ3) is 2.89. The maximum absolute atomic E-state index is 10.1. The van der Waals surface area contributed by atoms with E-state index in [2.05, 4.69) is 14.9 Å². The lowest BCUT2D eigenvalue weighted by Gasteiger charge is -2.11. The van der Waals surface area contributed by atoms with E-state index in [9.17, 15) is 4.79 Å². The maximum Gasteiger partial charge on any atom is 0.213 e. The molecule has 1 aromatic rings. The molecule has 0 bridgehead atoms. The van der Waals surface area contributed by atoms with Gasteiger partial charge in [-0.25, -0.2) is 4.98 Å². The van der Waals surface area contributed by atoms with Crippen molar-refractivity contribution < 1.29 is 4.79 Å². The predicted molar refractivity (Wildman–Crippen MR) is 57.1 cm³/mol. The van der Waals surface area contributed by atoms with Crippen molar-refractivity contribution >= 4 is 6.29 Å². The molecule has 0 aliphatic heterocycles. The number of hydrogen-bond donors (Lipinski definition) is 1. The molecule has 0 amide bonds. The Morgan fingerprint density at radius 3 is 3.20 bits per heavy atom. The number of hydrogen-bond acceptors (Lipinski definition) is 3. The van der Waals surface area contributed by atoms with Gasteiger partial charge in [0.1, 0.15) is 0 Å². The fourth-order valence-electron chi connectivity index (χ4n) is 2.31. The van der Waals surface area contributed by atoms with E-state index < -0.39 is 0 Å². The van der Waals surface area contributed by atoms with Gasteiger partial charge in [-0.15, -0.1) is 0 Å². The number of carbonyl (C=O) groups excluding carboxylic acids is 1. The molecule has 1 saturated carbocycles. The van der Waals surface area contributed by atoms with Crippen LogP contribution in [0.15, 0.2) is 18.7 Å². The quantitative estimate of drug-likeness (QED) is 0.773. The van der Waals surface area contributed by atoms with Crippen molar-refractivity contribution in [2.45, 2.75) is 31.8 Å². The number of imidazole rings is 1. The predicted octanol–water partition coefficient (Wildman–Crippen LogP) is 0.751. The minimum absolute atomic E-state index is 0.364. The zero-order valence-electron chi connectivity index (χ0n) is 8.72. The van der Waals surface area contributed by atoms with Crippen LogP contribution in [-0.4, -0.2) is 28.4 Å². The van der Waals surface area contributed by atoms with Crippen LogP contribution in [0.3, 0.4) is 0 Å². The van der Waals surface area contributed by atoms with Gasteiger partial charge < -0.3 is 9.88 Å². The van der Waals surface area contributed by atoms with Gasteiger partial charge in [0.25, 0.3) is 0 Å². The van der Waals surface area contributed by atoms with Crippen molar-refractivity contribution in [3.63, 3.8) is 0 Å². The fourth-order valence-corrected chi connectivity index (χ4v) is 2.31. The van der Waals surface area contributed by atoms with E-state index in [4.69, 9.17) is 0 Å². The molecule has 0 unspecified atom stereocenters. The molecule has 1 aliphatic carbocycles. The third-order valence-electron chi connectivity index (χ3n) is 3.03. The standard InChI is InChI=1S/C11H16N3O/c15-6-4-13-11-2-1-10(7-11)8-14-5-3-12-9-14/h3,5,9-11,13H,1-2,4,7-8H2/t10-,11+/m0/s1. The fraction of sp³-hybridized carbons (Fsp3) is 0.636. The van der Waals surface area contributed by atoms with Crippen LogP contribution in [0.1, 0.15) is 19.3 Å². The monoisotopic (exact) mass is 206 g/mol. The lowest BCUT2D eigenvalue weighted by atomic mass is 10.1. The smallest absolute Gasteiger partial charge is 0.213 e. The first kappa shape index (κ1) is 10.4. The Morgan fingerprint density at radius 2 is 2.47 bits per heavy atom. The summed E-state index contributed by atoms with van der Waals surface area (Å²) in [6.45, 7) is 1.41. The molecule has 0 saturated heterocycles. The summed E-state index contributed by atoms with van der Waals surface area (Å²) >= 11 is 0. The third-order valence-corrected chi connectivity index (χ3v) is 3.03. The van der Waals surface area contributed by atoms with Crippen molar-refractivity contribution in [2.24, 2.45) is 5.92 Å². The topological polar surface area (TPSA) is 46.9 Å². The van der Waals surface area contributed by atoms with Gasteiger partial charge in [-0.05, 0) is 25.2 Å². The summed E-state index contributed by atoms with van der Waals surface area (Å²) in [5.74, 6) is 0.711. The summed E-state index contributed by atoms with van der Waals surface area (Å²) in [4.78, 5) is 14.1. The van der Waals surface area contributed by atoms with Gasteiger partial charge in [0, 0.05) is 25.0 Å². The molecule has 2 rings (SSSR count). The van der Waals surface area contributed by atoms with Gasteiger partial charge in [-0.1, -0.05) is 0 Å². The highest BCUT2D eigenvalue weighted by Crippen LogP contribution is 2.26. The Kier molecular flexibility index (Phi) is 3.50. The maximum atomic E-state index is 10.1. The summed E-state index contributed by atoms with van der Waals surface area (Å²) in [7, 11) is 0. The molecule has 81 valence electrons. The highest BCUT2D eigenvalue weighted by atomic mass is 16.1. The van der Waals surface area contributed by atoms with E-state index >= 15 is 0 Å². The molecule has 1 radical (unpaired) electrons. The highest BCUT2D eigenvalue weighted by molar-refractivity contribution is 5.52. The van der Waals surface area contributed by atoms with Crippen LogP contribution in [0.2, 0.25) is 0 Å². The Morgan fingerprint density at radius 1 is 1.53 bits per heavy atom. The van der Waals surface area contributed by atoms with E-state index in [0.717, 1.165) is 13.0 Å². The number of aromatic nitrogens is 2. The van der Waals surface area contributed by atoms with Crippen LogP contribution in [0.25, 0.3) is 0 Å². The molecule has 4 nitrogen and oxygen atoms in total. The zero-order valence-corrected chi connectivity index (χ0v) is 8.72. The van der Waals surface area contributed by atoms with Gasteiger partial charge in [-0.3, -0.25) is 4.79 Å². The number of rotatable bonds is 5. The van der Waals surface area contributed by atoms with Crippen LogP contribution >= 0.6 is 0 Å². The zero-order chi connectivity index (χ0) is 10.5. The minimum atomic E-state index is 0.364. The second kappa shape index (κ2) is 5.07. The first-order valence-electron chi connectivity index (χ1n) is 5.42. The normalized spacial score (nSPS) is 25.6. The average Bonchev–Trinajstić information content (AvgIpc) is 2.87. The Hall–Kier alpha value is -1.16. The Balaban J connectivity index is 1.75. The number of nitrogens with one attached hydrogen (secondary N) is 1. The summed E-state index contributed by atoms with van der Waals surface area (Å²) in [6, 6.07) is 0.500. The SMILES string of the molecule is O=[C]CN[C@@H]1CC[C@H](Cn2ccnc2)C1. The summed E-state index contributed by atoms with van der Waals surface area (Å²) in [6.07, 6.45) is 11.1. The molecule has 15 heavy (non-hydrogen) atoms. The van der Waals surface area contributed by atoms with E-state index in [-0.39, 0.29) is 0 Å². The second-order valence-electron chi connectivity index (χ2n) is 4.16. The van der Waals surface area contributed by atoms with Gasteiger partial charge in [0.15, 0.2) is 0 Å². The van der Waals surface area contributed by atoms with E-state index in [1.807, 2.05) is 25.0 Å². The van der Waals surface area contributed by atoms with Crippen LogP contribution in [0, 0.1) is 5.92 Å². The molecule has 4 heteroatoms. The molecule has 2 atom stereocenters. The van der Waals surface area contributed by atoms with Crippen molar-refractivity contribution in [2.75, 3.05) is 6.54 Å². The van der Waals surface area contributed by atoms with Gasteiger partial charge in [-0.2, -0.15) is 0 Å². The molecule has 1 N–H and O–H groups in total. The molecule has 1 aliphatic rings. The second-order valence-corrected chi connectivity index (χ2v) is 4.16. The van der Waals surface area contributed by atoms with Gasteiger partial charge in [0.05, 0.1) is 12.9 Å². The highest BCUT2D eigenvalue weighted by Gasteiger charge is 2.24. The Bertz CT molecular complexity index is 297. The van der Waals surface area contributed by atoms with E-state index in [1.165, 1.54) is 12.8 Å². The molecule has 1 fully saturated rings. The largest absolute Gasteiger partial charge is 0.337 e. The van der Waals surface area contributed by atoms with E-state index in [0.29, 0.717) is 18.5 Å². The lowest BCUT2D eigenvalue weighted by Crippen LogP contribution is -2.28. The molecule has 1 heterocycles. The van der Waals surface area contributed by atoms with Crippen LogP contribution < -0.4 is 5.32 Å². The molecular formula is C11H16N3O. The van der Waals surface area contributed by atoms with Crippen molar-refractivity contribution in [3.05, 3.63) is 18.7 Å².